The maximum atomic E-state index is 14.9. The predicted octanol–water partition coefficient (Wildman–Crippen LogP) is 1.57. The van der Waals surface area contributed by atoms with Crippen molar-refractivity contribution in [3.63, 3.8) is 0 Å². The number of ether oxygens (including phenoxy) is 2. The molecule has 1 saturated heterocycles. The zero-order chi connectivity index (χ0) is 26.6. The van der Waals surface area contributed by atoms with E-state index in [1.165, 1.54) is 26.0 Å². The van der Waals surface area contributed by atoms with Gasteiger partial charge in [-0.25, -0.2) is 13.8 Å². The zero-order valence-electron chi connectivity index (χ0n) is 20.1. The van der Waals surface area contributed by atoms with E-state index in [9.17, 15) is 28.4 Å². The Kier molecular flexibility index (Phi) is 8.85. The van der Waals surface area contributed by atoms with Crippen molar-refractivity contribution in [1.82, 2.24) is 14.6 Å². The number of aromatic amines is 1. The molecule has 2 aromatic rings. The molecule has 1 unspecified atom stereocenters. The van der Waals surface area contributed by atoms with Gasteiger partial charge in [0.2, 0.25) is 0 Å². The molecule has 1 aromatic carbocycles. The van der Waals surface area contributed by atoms with Gasteiger partial charge in [-0.2, -0.15) is 5.09 Å². The molecular formula is C22H29FN3O9P. The van der Waals surface area contributed by atoms with Crippen molar-refractivity contribution in [3.8, 4) is 5.75 Å². The van der Waals surface area contributed by atoms with Gasteiger partial charge in [-0.05, 0) is 39.8 Å². The van der Waals surface area contributed by atoms with Crippen LogP contribution in [0.15, 0.2) is 46.1 Å². The van der Waals surface area contributed by atoms with Gasteiger partial charge < -0.3 is 19.1 Å². The van der Waals surface area contributed by atoms with Crippen molar-refractivity contribution in [1.29, 1.82) is 0 Å². The molecule has 3 N–H and O–H groups in total. The number of nitrogens with one attached hydrogen (secondary N) is 2. The first-order chi connectivity index (χ1) is 16.9. The number of benzene rings is 1. The van der Waals surface area contributed by atoms with Crippen molar-refractivity contribution in [3.05, 3.63) is 62.9 Å². The second-order valence-corrected chi connectivity index (χ2v) is 10.2. The summed E-state index contributed by atoms with van der Waals surface area (Å²) < 4.78 is 50.7. The molecule has 0 spiro atoms. The van der Waals surface area contributed by atoms with E-state index in [0.29, 0.717) is 0 Å². The van der Waals surface area contributed by atoms with Gasteiger partial charge in [-0.15, -0.1) is 0 Å². The van der Waals surface area contributed by atoms with E-state index >= 15 is 0 Å². The first-order valence-electron chi connectivity index (χ1n) is 11.2. The predicted molar refractivity (Wildman–Crippen MR) is 125 cm³/mol. The Morgan fingerprint density at radius 2 is 1.94 bits per heavy atom. The number of aryl methyl sites for hydroxylation is 1. The lowest BCUT2D eigenvalue weighted by atomic mass is 10.1. The third-order valence-electron chi connectivity index (χ3n) is 5.15. The molecule has 3 rings (SSSR count). The first-order valence-corrected chi connectivity index (χ1v) is 12.7. The molecule has 2 heterocycles. The number of hydrogen-bond donors (Lipinski definition) is 3. The Hall–Kier alpha value is -2.83. The standard InChI is InChI=1S/C22H29FN3O9P/c1-12(2)33-21(29)14(4)25-36(31,35-15-8-6-5-7-9-15)32-11-16-18(27)17(23)20(34-16)26-10-13(3)19(28)24-22(26)30/h5-10,12,14,16-18,20,27H,11H2,1-4H3,(H,25,31)(H,24,28,30)/t14-,16-,17?,18+,20-,36-/m0/s1. The minimum Gasteiger partial charge on any atom is -0.462 e. The molecule has 36 heavy (non-hydrogen) atoms. The Labute approximate surface area is 205 Å². The van der Waals surface area contributed by atoms with E-state index in [4.69, 9.17) is 18.5 Å². The number of carbonyl (C=O) groups is 1. The minimum atomic E-state index is -4.29. The number of carbonyl (C=O) groups excluding carboxylic acids is 1. The maximum Gasteiger partial charge on any atom is 0.459 e. The van der Waals surface area contributed by atoms with Crippen LogP contribution < -0.4 is 20.9 Å². The lowest BCUT2D eigenvalue weighted by Gasteiger charge is -2.25. The summed E-state index contributed by atoms with van der Waals surface area (Å²) in [6.45, 7) is 5.49. The molecule has 0 radical (unpaired) electrons. The Morgan fingerprint density at radius 3 is 2.58 bits per heavy atom. The van der Waals surface area contributed by atoms with Crippen LogP contribution in [-0.2, 0) is 23.4 Å². The van der Waals surface area contributed by atoms with Gasteiger partial charge >= 0.3 is 19.4 Å². The first kappa shape index (κ1) is 27.8. The molecular weight excluding hydrogens is 500 g/mol. The molecule has 0 amide bonds. The minimum absolute atomic E-state index is 0.131. The Balaban J connectivity index is 1.77. The van der Waals surface area contributed by atoms with E-state index in [2.05, 4.69) is 5.09 Å². The van der Waals surface area contributed by atoms with Gasteiger partial charge in [-0.1, -0.05) is 18.2 Å². The lowest BCUT2D eigenvalue weighted by Crippen LogP contribution is -2.37. The summed E-state index contributed by atoms with van der Waals surface area (Å²) in [5.74, 6) is -0.554. The van der Waals surface area contributed by atoms with Crippen molar-refractivity contribution in [2.45, 2.75) is 64.4 Å². The molecule has 1 fully saturated rings. The van der Waals surface area contributed by atoms with E-state index in [0.717, 1.165) is 10.8 Å². The SMILES string of the molecule is Cc1cn([C@H]2O[C@@H](CO[P@@](=O)(N[C@@H](C)C(=O)OC(C)C)Oc3ccccc3)[C@@H](O)C2F)c(=O)[nH]c1=O. The van der Waals surface area contributed by atoms with Crippen LogP contribution in [0.4, 0.5) is 4.39 Å². The van der Waals surface area contributed by atoms with Crippen LogP contribution in [0.25, 0.3) is 0 Å². The van der Waals surface area contributed by atoms with Crippen LogP contribution in [0.3, 0.4) is 0 Å². The summed E-state index contributed by atoms with van der Waals surface area (Å²) >= 11 is 0. The average Bonchev–Trinajstić information content (AvgIpc) is 3.08. The number of aromatic nitrogens is 2. The highest BCUT2D eigenvalue weighted by molar-refractivity contribution is 7.52. The number of para-hydroxylation sites is 1. The number of H-pyrrole nitrogens is 1. The number of aliphatic hydroxyl groups is 1. The molecule has 1 aliphatic rings. The van der Waals surface area contributed by atoms with E-state index in [1.54, 1.807) is 32.0 Å². The van der Waals surface area contributed by atoms with Gasteiger partial charge in [0, 0.05) is 11.8 Å². The number of alkyl halides is 1. The fraction of sp³-hybridized carbons (Fsp3) is 0.500. The second-order valence-electron chi connectivity index (χ2n) is 8.51. The smallest absolute Gasteiger partial charge is 0.459 e. The second kappa shape index (κ2) is 11.5. The summed E-state index contributed by atoms with van der Waals surface area (Å²) in [5, 5.41) is 12.8. The fourth-order valence-corrected chi connectivity index (χ4v) is 4.85. The highest BCUT2D eigenvalue weighted by Gasteiger charge is 2.47. The molecule has 0 bridgehead atoms. The van der Waals surface area contributed by atoms with Gasteiger partial charge in [0.1, 0.15) is 24.0 Å². The molecule has 0 saturated carbocycles. The fourth-order valence-electron chi connectivity index (χ4n) is 3.35. The van der Waals surface area contributed by atoms with Crippen molar-refractivity contribution >= 4 is 13.7 Å². The molecule has 0 aliphatic carbocycles. The number of nitrogens with zero attached hydrogens (tertiary/aromatic N) is 1. The van der Waals surface area contributed by atoms with Gasteiger partial charge in [-0.3, -0.25) is 23.7 Å². The monoisotopic (exact) mass is 529 g/mol. The topological polar surface area (TPSA) is 158 Å². The Morgan fingerprint density at radius 1 is 1.28 bits per heavy atom. The van der Waals surface area contributed by atoms with E-state index < -0.39 is 68.3 Å². The molecule has 1 aromatic heterocycles. The molecule has 198 valence electrons. The third kappa shape index (κ3) is 6.68. The number of hydrogen-bond acceptors (Lipinski definition) is 9. The van der Waals surface area contributed by atoms with Gasteiger partial charge in [0.05, 0.1) is 12.7 Å². The Bertz CT molecular complexity index is 1220. The van der Waals surface area contributed by atoms with Crippen LogP contribution in [-0.4, -0.2) is 57.8 Å². The molecule has 12 nitrogen and oxygen atoms in total. The van der Waals surface area contributed by atoms with Crippen LogP contribution in [0.1, 0.15) is 32.6 Å². The van der Waals surface area contributed by atoms with Crippen LogP contribution in [0.2, 0.25) is 0 Å². The summed E-state index contributed by atoms with van der Waals surface area (Å²) in [4.78, 5) is 38.0. The highest BCUT2D eigenvalue weighted by atomic mass is 31.2. The maximum absolute atomic E-state index is 14.9. The normalized spacial score (nSPS) is 24.3. The number of esters is 1. The summed E-state index contributed by atoms with van der Waals surface area (Å²) in [5.41, 5.74) is -1.43. The quantitative estimate of drug-likeness (QED) is 0.305. The zero-order valence-corrected chi connectivity index (χ0v) is 21.0. The van der Waals surface area contributed by atoms with Gasteiger partial charge in [0.25, 0.3) is 5.56 Å². The van der Waals surface area contributed by atoms with E-state index in [1.807, 2.05) is 4.98 Å². The number of rotatable bonds is 10. The molecule has 14 heteroatoms. The molecule has 1 aliphatic heterocycles. The largest absolute Gasteiger partial charge is 0.462 e. The summed E-state index contributed by atoms with van der Waals surface area (Å²) in [7, 11) is -4.29. The molecule has 6 atom stereocenters. The van der Waals surface area contributed by atoms with Gasteiger partial charge in [0.15, 0.2) is 12.4 Å². The van der Waals surface area contributed by atoms with Crippen LogP contribution >= 0.6 is 7.75 Å². The summed E-state index contributed by atoms with van der Waals surface area (Å²) in [6, 6.07) is 6.87. The highest BCUT2D eigenvalue weighted by Crippen LogP contribution is 2.46. The van der Waals surface area contributed by atoms with Crippen LogP contribution in [0.5, 0.6) is 5.75 Å². The van der Waals surface area contributed by atoms with Crippen molar-refractivity contribution < 1.29 is 37.4 Å². The van der Waals surface area contributed by atoms with Crippen molar-refractivity contribution in [2.24, 2.45) is 0 Å². The third-order valence-corrected chi connectivity index (χ3v) is 6.79. The average molecular weight is 529 g/mol. The van der Waals surface area contributed by atoms with E-state index in [-0.39, 0.29) is 11.3 Å². The van der Waals surface area contributed by atoms with Crippen LogP contribution in [0, 0.1) is 6.92 Å². The lowest BCUT2D eigenvalue weighted by molar-refractivity contribution is -0.149. The summed E-state index contributed by atoms with van der Waals surface area (Å²) in [6.07, 6.45) is -6.07. The number of aliphatic hydroxyl groups excluding tert-OH is 1. The number of halogens is 1. The van der Waals surface area contributed by atoms with Crippen molar-refractivity contribution in [2.75, 3.05) is 6.61 Å².